The molecule has 0 bridgehead atoms. The van der Waals surface area contributed by atoms with Gasteiger partial charge < -0.3 is 10.4 Å². The first-order valence-electron chi connectivity index (χ1n) is 6.89. The van der Waals surface area contributed by atoms with Gasteiger partial charge in [0, 0.05) is 6.04 Å². The molecule has 0 radical (unpaired) electrons. The highest BCUT2D eigenvalue weighted by molar-refractivity contribution is 5.85. The number of aliphatic carboxylic acids is 1. The molecule has 0 spiro atoms. The molecule has 108 valence electrons. The van der Waals surface area contributed by atoms with Crippen molar-refractivity contribution in [2.45, 2.75) is 31.8 Å². The van der Waals surface area contributed by atoms with Gasteiger partial charge in [-0.2, -0.15) is 0 Å². The second-order valence-electron chi connectivity index (χ2n) is 5.21. The predicted octanol–water partition coefficient (Wildman–Crippen LogP) is 1.41. The summed E-state index contributed by atoms with van der Waals surface area (Å²) in [6.45, 7) is 3.25. The lowest BCUT2D eigenvalue weighted by atomic mass is 10.1. The van der Waals surface area contributed by atoms with E-state index in [-0.39, 0.29) is 12.5 Å². The Morgan fingerprint density at radius 1 is 1.40 bits per heavy atom. The minimum Gasteiger partial charge on any atom is -0.479 e. The van der Waals surface area contributed by atoms with Crippen molar-refractivity contribution in [3.05, 3.63) is 35.9 Å². The summed E-state index contributed by atoms with van der Waals surface area (Å²) < 4.78 is 0. The summed E-state index contributed by atoms with van der Waals surface area (Å²) in [6.07, 6.45) is 2.18. The number of carboxylic acids is 1. The molecule has 1 aliphatic rings. The van der Waals surface area contributed by atoms with Crippen LogP contribution in [-0.4, -0.2) is 41.0 Å². The van der Waals surface area contributed by atoms with Crippen molar-refractivity contribution in [3.8, 4) is 0 Å². The molecule has 2 atom stereocenters. The quantitative estimate of drug-likeness (QED) is 0.853. The number of carbonyl (C=O) groups is 2. The van der Waals surface area contributed by atoms with E-state index >= 15 is 0 Å². The summed E-state index contributed by atoms with van der Waals surface area (Å²) in [7, 11) is 0. The lowest BCUT2D eigenvalue weighted by Crippen LogP contribution is -2.42. The Kier molecular flexibility index (Phi) is 4.74. The summed E-state index contributed by atoms with van der Waals surface area (Å²) in [6, 6.07) is 8.16. The molecule has 5 heteroatoms. The standard InChI is InChI=1S/C15H20N2O3/c1-11-6-5-9-17(11)10-13(18)16-14(15(19)20)12-7-3-2-4-8-12/h2-4,7-8,11,14H,5-6,9-10H2,1H3,(H,16,18)(H,19,20)/t11-,14-/m1/s1. The Bertz CT molecular complexity index is 475. The molecular formula is C15H20N2O3. The van der Waals surface area contributed by atoms with Crippen molar-refractivity contribution >= 4 is 11.9 Å². The van der Waals surface area contributed by atoms with Gasteiger partial charge in [-0.1, -0.05) is 30.3 Å². The topological polar surface area (TPSA) is 69.6 Å². The van der Waals surface area contributed by atoms with Gasteiger partial charge in [-0.3, -0.25) is 9.69 Å². The molecule has 2 N–H and O–H groups in total. The Balaban J connectivity index is 1.98. The minimum absolute atomic E-state index is 0.241. The maximum atomic E-state index is 12.0. The van der Waals surface area contributed by atoms with E-state index in [1.807, 2.05) is 6.07 Å². The second kappa shape index (κ2) is 6.52. The molecule has 1 amide bonds. The molecular weight excluding hydrogens is 256 g/mol. The number of hydrogen-bond acceptors (Lipinski definition) is 3. The largest absolute Gasteiger partial charge is 0.479 e. The van der Waals surface area contributed by atoms with Crippen LogP contribution in [0.5, 0.6) is 0 Å². The minimum atomic E-state index is -1.04. The third-order valence-electron chi connectivity index (χ3n) is 3.72. The molecule has 1 aromatic rings. The fourth-order valence-electron chi connectivity index (χ4n) is 2.55. The molecule has 1 aliphatic heterocycles. The second-order valence-corrected chi connectivity index (χ2v) is 5.21. The number of hydrogen-bond donors (Lipinski definition) is 2. The van der Waals surface area contributed by atoms with E-state index < -0.39 is 12.0 Å². The lowest BCUT2D eigenvalue weighted by Gasteiger charge is -2.22. The van der Waals surface area contributed by atoms with Crippen molar-refractivity contribution in [3.63, 3.8) is 0 Å². The van der Waals surface area contributed by atoms with E-state index in [4.69, 9.17) is 0 Å². The molecule has 0 unspecified atom stereocenters. The van der Waals surface area contributed by atoms with E-state index in [1.165, 1.54) is 0 Å². The van der Waals surface area contributed by atoms with E-state index in [2.05, 4.69) is 17.1 Å². The summed E-state index contributed by atoms with van der Waals surface area (Å²) in [4.78, 5) is 25.4. The van der Waals surface area contributed by atoms with Crippen LogP contribution < -0.4 is 5.32 Å². The van der Waals surface area contributed by atoms with E-state index in [1.54, 1.807) is 24.3 Å². The van der Waals surface area contributed by atoms with Crippen LogP contribution in [-0.2, 0) is 9.59 Å². The highest BCUT2D eigenvalue weighted by Gasteiger charge is 2.26. The van der Waals surface area contributed by atoms with Crippen LogP contribution in [0.15, 0.2) is 30.3 Å². The zero-order valence-electron chi connectivity index (χ0n) is 11.6. The molecule has 0 aromatic heterocycles. The Hall–Kier alpha value is -1.88. The molecule has 1 fully saturated rings. The van der Waals surface area contributed by atoms with Crippen LogP contribution >= 0.6 is 0 Å². The van der Waals surface area contributed by atoms with Crippen LogP contribution in [0.25, 0.3) is 0 Å². The Morgan fingerprint density at radius 3 is 2.65 bits per heavy atom. The summed E-state index contributed by atoms with van der Waals surface area (Å²) in [5.74, 6) is -1.28. The third-order valence-corrected chi connectivity index (χ3v) is 3.72. The van der Waals surface area contributed by atoms with Crippen molar-refractivity contribution < 1.29 is 14.7 Å². The summed E-state index contributed by atoms with van der Waals surface area (Å²) in [5.41, 5.74) is 0.586. The van der Waals surface area contributed by atoms with Gasteiger partial charge in [0.15, 0.2) is 6.04 Å². The first kappa shape index (κ1) is 14.5. The fraction of sp³-hybridized carbons (Fsp3) is 0.467. The van der Waals surface area contributed by atoms with Crippen LogP contribution in [0, 0.1) is 0 Å². The lowest BCUT2D eigenvalue weighted by molar-refractivity contribution is -0.142. The van der Waals surface area contributed by atoms with Gasteiger partial charge in [0.25, 0.3) is 0 Å². The van der Waals surface area contributed by atoms with E-state index in [9.17, 15) is 14.7 Å². The fourth-order valence-corrected chi connectivity index (χ4v) is 2.55. The van der Waals surface area contributed by atoms with Gasteiger partial charge in [0.05, 0.1) is 6.54 Å². The maximum absolute atomic E-state index is 12.0. The average molecular weight is 276 g/mol. The van der Waals surface area contributed by atoms with Gasteiger partial charge >= 0.3 is 5.97 Å². The van der Waals surface area contributed by atoms with Crippen molar-refractivity contribution in [1.82, 2.24) is 10.2 Å². The number of carboxylic acid groups (broad SMARTS) is 1. The van der Waals surface area contributed by atoms with Gasteiger partial charge in [0.1, 0.15) is 0 Å². The highest BCUT2D eigenvalue weighted by atomic mass is 16.4. The third kappa shape index (κ3) is 3.57. The molecule has 1 saturated heterocycles. The van der Waals surface area contributed by atoms with Crippen molar-refractivity contribution in [1.29, 1.82) is 0 Å². The smallest absolute Gasteiger partial charge is 0.330 e. The summed E-state index contributed by atoms with van der Waals surface area (Å²) >= 11 is 0. The number of benzene rings is 1. The van der Waals surface area contributed by atoms with Crippen LogP contribution in [0.2, 0.25) is 0 Å². The maximum Gasteiger partial charge on any atom is 0.330 e. The number of amides is 1. The van der Waals surface area contributed by atoms with Crippen LogP contribution in [0.3, 0.4) is 0 Å². The number of nitrogens with zero attached hydrogens (tertiary/aromatic N) is 1. The van der Waals surface area contributed by atoms with Crippen LogP contribution in [0.1, 0.15) is 31.4 Å². The summed E-state index contributed by atoms with van der Waals surface area (Å²) in [5, 5.41) is 11.9. The molecule has 1 aromatic carbocycles. The number of carbonyl (C=O) groups excluding carboxylic acids is 1. The highest BCUT2D eigenvalue weighted by Crippen LogP contribution is 2.16. The molecule has 1 heterocycles. The van der Waals surface area contributed by atoms with Gasteiger partial charge in [0.2, 0.25) is 5.91 Å². The molecule has 20 heavy (non-hydrogen) atoms. The average Bonchev–Trinajstić information content (AvgIpc) is 2.82. The Morgan fingerprint density at radius 2 is 2.10 bits per heavy atom. The Labute approximate surface area is 118 Å². The van der Waals surface area contributed by atoms with Gasteiger partial charge in [-0.05, 0) is 31.9 Å². The SMILES string of the molecule is C[C@@H]1CCCN1CC(=O)N[C@@H](C(=O)O)c1ccccc1. The van der Waals surface area contributed by atoms with Gasteiger partial charge in [-0.15, -0.1) is 0 Å². The van der Waals surface area contributed by atoms with E-state index in [0.717, 1.165) is 19.4 Å². The van der Waals surface area contributed by atoms with Crippen molar-refractivity contribution in [2.24, 2.45) is 0 Å². The monoisotopic (exact) mass is 276 g/mol. The number of likely N-dealkylation sites (tertiary alicyclic amines) is 1. The number of nitrogens with one attached hydrogen (secondary N) is 1. The first-order chi connectivity index (χ1) is 9.58. The normalized spacial score (nSPS) is 20.6. The zero-order valence-corrected chi connectivity index (χ0v) is 11.6. The molecule has 2 rings (SSSR count). The zero-order chi connectivity index (χ0) is 14.5. The first-order valence-corrected chi connectivity index (χ1v) is 6.89. The molecule has 0 saturated carbocycles. The van der Waals surface area contributed by atoms with Gasteiger partial charge in [-0.25, -0.2) is 4.79 Å². The number of rotatable bonds is 5. The van der Waals surface area contributed by atoms with Crippen molar-refractivity contribution in [2.75, 3.05) is 13.1 Å². The predicted molar refractivity (Wildman–Crippen MR) is 75.2 cm³/mol. The van der Waals surface area contributed by atoms with E-state index in [0.29, 0.717) is 11.6 Å². The molecule has 5 nitrogen and oxygen atoms in total. The van der Waals surface area contributed by atoms with Crippen LogP contribution in [0.4, 0.5) is 0 Å². The molecule has 0 aliphatic carbocycles.